The Kier molecular flexibility index (Phi) is 5.88. The van der Waals surface area contributed by atoms with Crippen molar-refractivity contribution >= 4 is 29.5 Å². The van der Waals surface area contributed by atoms with Crippen molar-refractivity contribution in [2.45, 2.75) is 47.6 Å². The maximum Gasteiger partial charge on any atom is 0.421 e. The molecule has 1 aromatic rings. The first-order valence-corrected chi connectivity index (χ1v) is 10.3. The lowest BCUT2D eigenvalue weighted by Gasteiger charge is -2.34. The summed E-state index contributed by atoms with van der Waals surface area (Å²) in [6.45, 7) is 11.6. The molecule has 10 heteroatoms. The molecule has 0 aromatic carbocycles. The zero-order valence-electron chi connectivity index (χ0n) is 19.5. The molecule has 3 heterocycles. The molecule has 0 saturated carbocycles. The third-order valence-corrected chi connectivity index (χ3v) is 5.91. The van der Waals surface area contributed by atoms with E-state index in [1.165, 1.54) is 4.90 Å². The highest BCUT2D eigenvalue weighted by Crippen LogP contribution is 2.24. The van der Waals surface area contributed by atoms with Gasteiger partial charge in [0, 0.05) is 25.1 Å². The second-order valence-corrected chi connectivity index (χ2v) is 9.01. The Morgan fingerprint density at radius 1 is 1.19 bits per heavy atom. The molecule has 31 heavy (non-hydrogen) atoms. The normalized spacial score (nSPS) is 19.4. The van der Waals surface area contributed by atoms with Crippen LogP contribution in [-0.2, 0) is 14.3 Å². The van der Waals surface area contributed by atoms with Crippen LogP contribution in [0.5, 0.6) is 0 Å². The number of aryl methyl sites for hydroxylation is 1. The summed E-state index contributed by atoms with van der Waals surface area (Å²) in [5.74, 6) is 0.125. The predicted molar refractivity (Wildman–Crippen MR) is 114 cm³/mol. The highest BCUT2D eigenvalue weighted by Gasteiger charge is 2.53. The van der Waals surface area contributed by atoms with Crippen LogP contribution < -0.4 is 0 Å². The highest BCUT2D eigenvalue weighted by molar-refractivity contribution is 6.23. The molecule has 2 aliphatic rings. The summed E-state index contributed by atoms with van der Waals surface area (Å²) in [6, 6.07) is -1.39. The monoisotopic (exact) mass is 431 g/mol. The van der Waals surface area contributed by atoms with Gasteiger partial charge in [0.1, 0.15) is 5.69 Å². The van der Waals surface area contributed by atoms with Crippen LogP contribution in [0.15, 0.2) is 4.99 Å². The van der Waals surface area contributed by atoms with Crippen LogP contribution >= 0.6 is 0 Å². The molecule has 1 unspecified atom stereocenters. The fourth-order valence-electron chi connectivity index (χ4n) is 3.54. The summed E-state index contributed by atoms with van der Waals surface area (Å²) in [5, 5.41) is 4.58. The first-order chi connectivity index (χ1) is 14.4. The molecule has 0 spiro atoms. The van der Waals surface area contributed by atoms with Crippen LogP contribution in [0.25, 0.3) is 0 Å². The molecular formula is C21H31N6O4+. The van der Waals surface area contributed by atoms with Crippen LogP contribution in [0.1, 0.15) is 37.7 Å². The van der Waals surface area contributed by atoms with E-state index in [-0.39, 0.29) is 12.3 Å². The lowest BCUT2D eigenvalue weighted by Crippen LogP contribution is -2.64. The fourth-order valence-corrected chi connectivity index (χ4v) is 3.54. The number of methoxy groups -OCH3 is 1. The van der Waals surface area contributed by atoms with Gasteiger partial charge in [-0.2, -0.15) is 0 Å². The summed E-state index contributed by atoms with van der Waals surface area (Å²) >= 11 is 0. The van der Waals surface area contributed by atoms with Crippen LogP contribution in [0.4, 0.5) is 4.79 Å². The third-order valence-electron chi connectivity index (χ3n) is 5.91. The number of hydrogen-bond acceptors (Lipinski definition) is 6. The van der Waals surface area contributed by atoms with E-state index in [1.807, 2.05) is 20.8 Å². The number of ketones is 1. The quantitative estimate of drug-likeness (QED) is 0.647. The number of imide groups is 1. The van der Waals surface area contributed by atoms with Gasteiger partial charge >= 0.3 is 12.0 Å². The van der Waals surface area contributed by atoms with Crippen molar-refractivity contribution in [3.05, 3.63) is 17.0 Å². The van der Waals surface area contributed by atoms with E-state index in [0.717, 1.165) is 21.9 Å². The standard InChI is InChI=1S/C21H31N6O4/c1-12-13(2)23-27(14(12)3)19-22-17-16(25(19)9-10-31-8)18(29)26(20(30)24(17)7)11-15(28)21(4,5)6/h16H,9-11H2,1-8H3/q+1. The SMILES string of the molecule is COCC[N+]1=C(n2nc(C)c(C)c2C)N=C2C1C(=O)N(CC(=O)C(C)(C)C)C(=O)N2C. The number of amidine groups is 1. The van der Waals surface area contributed by atoms with E-state index in [9.17, 15) is 14.4 Å². The molecule has 1 fully saturated rings. The van der Waals surface area contributed by atoms with Gasteiger partial charge in [-0.05, 0) is 20.8 Å². The van der Waals surface area contributed by atoms with Crippen LogP contribution in [0.3, 0.4) is 0 Å². The minimum atomic E-state index is -0.829. The number of rotatable bonds is 5. The Balaban J connectivity index is 2.09. The van der Waals surface area contributed by atoms with Gasteiger partial charge in [0.25, 0.3) is 5.91 Å². The summed E-state index contributed by atoms with van der Waals surface area (Å²) in [5.41, 5.74) is 2.12. The van der Waals surface area contributed by atoms with E-state index in [1.54, 1.807) is 44.2 Å². The Hall–Kier alpha value is -2.88. The molecular weight excluding hydrogens is 400 g/mol. The second-order valence-electron chi connectivity index (χ2n) is 9.01. The molecule has 10 nitrogen and oxygen atoms in total. The van der Waals surface area contributed by atoms with Crippen molar-refractivity contribution in [1.29, 1.82) is 0 Å². The number of likely N-dealkylation sites (N-methyl/N-ethyl adjacent to an activating group) is 1. The zero-order valence-corrected chi connectivity index (χ0v) is 19.5. The lowest BCUT2D eigenvalue weighted by atomic mass is 9.90. The number of fused-ring (bicyclic) bond motifs is 1. The molecule has 0 aliphatic carbocycles. The van der Waals surface area contributed by atoms with Crippen LogP contribution in [0.2, 0.25) is 0 Å². The number of hydrogen-bond donors (Lipinski definition) is 0. The predicted octanol–water partition coefficient (Wildman–Crippen LogP) is 0.961. The largest absolute Gasteiger partial charge is 0.421 e. The molecule has 0 bridgehead atoms. The number of ether oxygens (including phenoxy) is 1. The number of carbonyl (C=O) groups excluding carboxylic acids is 3. The zero-order chi connectivity index (χ0) is 23.2. The van der Waals surface area contributed by atoms with Gasteiger partial charge < -0.3 is 4.74 Å². The van der Waals surface area contributed by atoms with Crippen LogP contribution in [-0.4, -0.2) is 93.6 Å². The molecule has 1 aromatic heterocycles. The van der Waals surface area contributed by atoms with Gasteiger partial charge in [0.2, 0.25) is 11.9 Å². The molecule has 168 valence electrons. The van der Waals surface area contributed by atoms with Crippen molar-refractivity contribution in [1.82, 2.24) is 19.6 Å². The first kappa shape index (κ1) is 22.8. The van der Waals surface area contributed by atoms with Crippen molar-refractivity contribution in [3.63, 3.8) is 0 Å². The van der Waals surface area contributed by atoms with E-state index in [2.05, 4.69) is 10.1 Å². The second kappa shape index (κ2) is 7.99. The van der Waals surface area contributed by atoms with Gasteiger partial charge in [-0.1, -0.05) is 25.8 Å². The number of nitrogens with zero attached hydrogens (tertiary/aromatic N) is 6. The number of carbonyl (C=O) groups is 3. The van der Waals surface area contributed by atoms with Gasteiger partial charge in [0.05, 0.1) is 25.4 Å². The average Bonchev–Trinajstić information content (AvgIpc) is 3.19. The fraction of sp³-hybridized carbons (Fsp3) is 0.619. The van der Waals surface area contributed by atoms with Crippen molar-refractivity contribution in [3.8, 4) is 0 Å². The molecule has 2 aliphatic heterocycles. The molecule has 1 atom stereocenters. The minimum Gasteiger partial charge on any atom is -0.381 e. The number of aliphatic imine (C=N–C) groups is 1. The van der Waals surface area contributed by atoms with Crippen molar-refractivity contribution < 1.29 is 23.7 Å². The third kappa shape index (κ3) is 3.80. The summed E-state index contributed by atoms with van der Waals surface area (Å²) in [4.78, 5) is 46.0. The highest BCUT2D eigenvalue weighted by atomic mass is 16.5. The van der Waals surface area contributed by atoms with E-state index >= 15 is 0 Å². The maximum absolute atomic E-state index is 13.5. The van der Waals surface area contributed by atoms with E-state index in [4.69, 9.17) is 4.74 Å². The smallest absolute Gasteiger partial charge is 0.381 e. The van der Waals surface area contributed by atoms with Gasteiger partial charge in [0.15, 0.2) is 5.78 Å². The number of Topliss-reactive ketones (excluding diaryl/α,β-unsaturated/α-hetero) is 1. The average molecular weight is 432 g/mol. The van der Waals surface area contributed by atoms with Crippen molar-refractivity contribution in [2.75, 3.05) is 33.9 Å². The van der Waals surface area contributed by atoms with Crippen LogP contribution in [0, 0.1) is 26.2 Å². The Morgan fingerprint density at radius 2 is 1.84 bits per heavy atom. The summed E-state index contributed by atoms with van der Waals surface area (Å²) in [7, 11) is 3.15. The Labute approximate surface area is 182 Å². The Bertz CT molecular complexity index is 1010. The minimum absolute atomic E-state index is 0.192. The molecule has 3 amide bonds. The van der Waals surface area contributed by atoms with E-state index < -0.39 is 23.4 Å². The Morgan fingerprint density at radius 3 is 2.35 bits per heavy atom. The number of aromatic nitrogens is 2. The summed E-state index contributed by atoms with van der Waals surface area (Å²) < 4.78 is 8.74. The molecule has 0 N–H and O–H groups in total. The molecule has 0 radical (unpaired) electrons. The van der Waals surface area contributed by atoms with Gasteiger partial charge in [-0.3, -0.25) is 19.4 Å². The van der Waals surface area contributed by atoms with Gasteiger partial charge in [-0.25, -0.2) is 9.37 Å². The summed E-state index contributed by atoms with van der Waals surface area (Å²) in [6.07, 6.45) is 0. The number of urea groups is 1. The first-order valence-electron chi connectivity index (χ1n) is 10.3. The maximum atomic E-state index is 13.5. The topological polar surface area (TPSA) is 100 Å². The molecule has 1 saturated heterocycles. The van der Waals surface area contributed by atoms with Gasteiger partial charge in [-0.15, -0.1) is 9.78 Å². The van der Waals surface area contributed by atoms with Crippen molar-refractivity contribution in [2.24, 2.45) is 10.4 Å². The number of amides is 3. The van der Waals surface area contributed by atoms with E-state index in [0.29, 0.717) is 24.9 Å². The lowest BCUT2D eigenvalue weighted by molar-refractivity contribution is -0.539. The molecule has 3 rings (SSSR count).